The van der Waals surface area contributed by atoms with Crippen molar-refractivity contribution in [2.45, 2.75) is 19.1 Å². The first-order valence-electron chi connectivity index (χ1n) is 3.30. The van der Waals surface area contributed by atoms with E-state index in [-0.39, 0.29) is 0 Å². The number of aliphatic hydroxyl groups is 2. The zero-order chi connectivity index (χ0) is 10.6. The molecule has 0 aliphatic carbocycles. The van der Waals surface area contributed by atoms with E-state index in [1.54, 1.807) is 0 Å². The highest BCUT2D eigenvalue weighted by Gasteiger charge is 2.24. The summed E-state index contributed by atoms with van der Waals surface area (Å²) in [5.41, 5.74) is 0. The van der Waals surface area contributed by atoms with Gasteiger partial charge in [-0.3, -0.25) is 9.32 Å². The fraction of sp³-hybridized carbons (Fsp3) is 0.800. The lowest BCUT2D eigenvalue weighted by Crippen LogP contribution is -2.35. The van der Waals surface area contributed by atoms with Crippen LogP contribution in [0, 0.1) is 0 Å². The number of hydrogen-bond donors (Lipinski definition) is 4. The summed E-state index contributed by atoms with van der Waals surface area (Å²) in [5, 5.41) is 17.8. The fourth-order valence-corrected chi connectivity index (χ4v) is 0.882. The predicted molar refractivity (Wildman–Crippen MR) is 40.7 cm³/mol. The highest BCUT2D eigenvalue weighted by atomic mass is 31.2. The number of hydrogen-bond acceptors (Lipinski definition) is 5. The van der Waals surface area contributed by atoms with Crippen LogP contribution in [0.2, 0.25) is 0 Å². The first-order chi connectivity index (χ1) is 5.74. The largest absolute Gasteiger partial charge is 0.469 e. The Labute approximate surface area is 74.2 Å². The Morgan fingerprint density at radius 2 is 1.92 bits per heavy atom. The predicted octanol–water partition coefficient (Wildman–Crippen LogP) is -1.59. The molecule has 0 aromatic heterocycles. The fourth-order valence-electron chi connectivity index (χ4n) is 0.536. The van der Waals surface area contributed by atoms with Gasteiger partial charge in [0.05, 0.1) is 6.61 Å². The summed E-state index contributed by atoms with van der Waals surface area (Å²) < 4.78 is 14.0. The number of carbonyl (C=O) groups is 1. The SMILES string of the molecule is [13CH3][13C](=O)[13C@@H](O)[13C@H](O)[13CH2]OP(=O)(O)O. The zero-order valence-corrected chi connectivity index (χ0v) is 7.72. The highest BCUT2D eigenvalue weighted by molar-refractivity contribution is 7.46. The molecule has 2 atom stereocenters. The Morgan fingerprint density at radius 1 is 1.46 bits per heavy atom. The van der Waals surface area contributed by atoms with Crippen LogP contribution >= 0.6 is 7.82 Å². The van der Waals surface area contributed by atoms with Gasteiger partial charge in [0.25, 0.3) is 0 Å². The maximum absolute atomic E-state index is 10.5. The monoisotopic (exact) mass is 219 g/mol. The molecule has 8 heteroatoms. The van der Waals surface area contributed by atoms with Gasteiger partial charge in [-0.25, -0.2) is 4.57 Å². The van der Waals surface area contributed by atoms with E-state index in [1.165, 1.54) is 0 Å². The first-order valence-corrected chi connectivity index (χ1v) is 4.83. The number of rotatable bonds is 5. The molecule has 0 unspecified atom stereocenters. The van der Waals surface area contributed by atoms with Gasteiger partial charge >= 0.3 is 7.82 Å². The van der Waals surface area contributed by atoms with Crippen molar-refractivity contribution in [2.75, 3.05) is 6.61 Å². The summed E-state index contributed by atoms with van der Waals surface area (Å²) in [4.78, 5) is 26.8. The Bertz CT molecular complexity index is 221. The van der Waals surface area contributed by atoms with Gasteiger partial charge in [0.15, 0.2) is 5.78 Å². The van der Waals surface area contributed by atoms with Crippen LogP contribution < -0.4 is 0 Å². The highest BCUT2D eigenvalue weighted by Crippen LogP contribution is 2.35. The van der Waals surface area contributed by atoms with Crippen molar-refractivity contribution < 1.29 is 33.9 Å². The molecule has 13 heavy (non-hydrogen) atoms. The van der Waals surface area contributed by atoms with Crippen molar-refractivity contribution in [1.82, 2.24) is 0 Å². The van der Waals surface area contributed by atoms with E-state index >= 15 is 0 Å². The number of aliphatic hydroxyl groups excluding tert-OH is 2. The van der Waals surface area contributed by atoms with Crippen molar-refractivity contribution in [1.29, 1.82) is 0 Å². The van der Waals surface area contributed by atoms with Gasteiger partial charge in [-0.1, -0.05) is 0 Å². The molecule has 0 heterocycles. The molecule has 0 aromatic carbocycles. The maximum atomic E-state index is 10.5. The van der Waals surface area contributed by atoms with Crippen molar-refractivity contribution in [3.8, 4) is 0 Å². The number of ketones is 1. The average molecular weight is 219 g/mol. The molecule has 0 aromatic rings. The second kappa shape index (κ2) is 4.80. The standard InChI is InChI=1S/C5H11O7P/c1-3(6)5(8)4(7)2-12-13(9,10)11/h4-5,7-8H,2H2,1H3,(H2,9,10,11)/t4-,5-/m1/s1/i1+1,2+1,3+1,4+1,5+1. The van der Waals surface area contributed by atoms with Crippen LogP contribution in [0.15, 0.2) is 0 Å². The minimum Gasteiger partial charge on any atom is -0.388 e. The van der Waals surface area contributed by atoms with E-state index in [1.807, 2.05) is 0 Å². The molecule has 0 bridgehead atoms. The van der Waals surface area contributed by atoms with E-state index in [0.29, 0.717) is 0 Å². The van der Waals surface area contributed by atoms with E-state index < -0.39 is 32.4 Å². The van der Waals surface area contributed by atoms with Crippen LogP contribution in [0.4, 0.5) is 0 Å². The van der Waals surface area contributed by atoms with Crippen LogP contribution in [0.1, 0.15) is 6.92 Å². The molecular formula is C5H11O7P. The first kappa shape index (κ1) is 12.7. The van der Waals surface area contributed by atoms with Crippen molar-refractivity contribution in [3.63, 3.8) is 0 Å². The Morgan fingerprint density at radius 3 is 2.23 bits per heavy atom. The second-order valence-corrected chi connectivity index (χ2v) is 3.65. The molecule has 0 saturated carbocycles. The van der Waals surface area contributed by atoms with Crippen LogP contribution in [0.5, 0.6) is 0 Å². The molecule has 0 spiro atoms. The van der Waals surface area contributed by atoms with E-state index in [9.17, 15) is 9.36 Å². The van der Waals surface area contributed by atoms with Gasteiger partial charge in [-0.05, 0) is 6.92 Å². The summed E-state index contributed by atoms with van der Waals surface area (Å²) in [6.07, 6.45) is -3.32. The van der Waals surface area contributed by atoms with Crippen LogP contribution in [-0.4, -0.2) is 44.6 Å². The smallest absolute Gasteiger partial charge is 0.388 e. The van der Waals surface area contributed by atoms with Crippen molar-refractivity contribution in [2.24, 2.45) is 0 Å². The third kappa shape index (κ3) is 5.87. The number of carbonyl (C=O) groups excluding carboxylic acids is 1. The summed E-state index contributed by atoms with van der Waals surface area (Å²) in [6.45, 7) is 0.233. The maximum Gasteiger partial charge on any atom is 0.469 e. The summed E-state index contributed by atoms with van der Waals surface area (Å²) in [5.74, 6) is -0.707. The van der Waals surface area contributed by atoms with Gasteiger partial charge in [0.1, 0.15) is 12.2 Å². The van der Waals surface area contributed by atoms with Crippen LogP contribution in [0.25, 0.3) is 0 Å². The molecule has 4 N–H and O–H groups in total. The summed E-state index contributed by atoms with van der Waals surface area (Å²) in [7, 11) is -4.67. The Hall–Kier alpha value is -0.300. The van der Waals surface area contributed by atoms with Crippen molar-refractivity contribution in [3.05, 3.63) is 0 Å². The summed E-state index contributed by atoms with van der Waals surface area (Å²) in [6, 6.07) is 0. The van der Waals surface area contributed by atoms with Gasteiger partial charge in [0.2, 0.25) is 0 Å². The van der Waals surface area contributed by atoms with Crippen molar-refractivity contribution >= 4 is 13.6 Å². The molecule has 7 nitrogen and oxygen atoms in total. The lowest BCUT2D eigenvalue weighted by molar-refractivity contribution is -0.132. The molecular weight excluding hydrogens is 208 g/mol. The van der Waals surface area contributed by atoms with E-state index in [2.05, 4.69) is 4.52 Å². The van der Waals surface area contributed by atoms with Gasteiger partial charge in [-0.2, -0.15) is 0 Å². The van der Waals surface area contributed by atoms with E-state index in [4.69, 9.17) is 20.0 Å². The molecule has 0 saturated heterocycles. The van der Waals surface area contributed by atoms with Gasteiger partial charge in [0, 0.05) is 0 Å². The average Bonchev–Trinajstić information content (AvgIpc) is 1.97. The molecule has 0 radical (unpaired) electrons. The third-order valence-electron chi connectivity index (χ3n) is 1.19. The Balaban J connectivity index is 3.95. The summed E-state index contributed by atoms with van der Waals surface area (Å²) >= 11 is 0. The molecule has 78 valence electrons. The number of Topliss-reactive ketones (excluding diaryl/α,β-unsaturated/α-hetero) is 1. The van der Waals surface area contributed by atoms with Gasteiger partial charge in [-0.15, -0.1) is 0 Å². The molecule has 0 aliphatic rings. The lowest BCUT2D eigenvalue weighted by atomic mass is 11.1. The topological polar surface area (TPSA) is 124 Å². The quantitative estimate of drug-likeness (QED) is 0.324. The van der Waals surface area contributed by atoms with Crippen LogP contribution in [0.3, 0.4) is 0 Å². The van der Waals surface area contributed by atoms with Gasteiger partial charge < -0.3 is 20.0 Å². The van der Waals surface area contributed by atoms with E-state index in [0.717, 1.165) is 6.92 Å². The number of phosphoric acid groups is 1. The third-order valence-corrected chi connectivity index (χ3v) is 1.68. The molecule has 0 rings (SSSR count). The normalized spacial score (nSPS) is 16.7. The minimum atomic E-state index is -4.67. The molecule has 0 aliphatic heterocycles. The Kier molecular flexibility index (Phi) is 4.69. The number of phosphoric ester groups is 1. The molecule has 0 fully saturated rings. The van der Waals surface area contributed by atoms with Crippen LogP contribution in [-0.2, 0) is 13.9 Å². The lowest BCUT2D eigenvalue weighted by Gasteiger charge is -2.15. The molecule has 0 amide bonds. The minimum absolute atomic E-state index is 0.707. The second-order valence-electron chi connectivity index (χ2n) is 2.41. The zero-order valence-electron chi connectivity index (χ0n) is 6.82.